The number of hydrogen-bond donors (Lipinski definition) is 1. The Morgan fingerprint density at radius 2 is 1.81 bits per heavy atom. The minimum atomic E-state index is -4.34. The molecule has 14 heteroatoms. The molecule has 0 saturated heterocycles. The summed E-state index contributed by atoms with van der Waals surface area (Å²) in [6.45, 7) is 1.90. The number of rotatable bonds is 10. The molecular formula is C23H19Br2N3O8S. The quantitative estimate of drug-likeness (QED) is 0.138. The van der Waals surface area contributed by atoms with Crippen molar-refractivity contribution in [2.75, 3.05) is 13.7 Å². The van der Waals surface area contributed by atoms with Gasteiger partial charge in [0.15, 0.2) is 11.5 Å². The maximum absolute atomic E-state index is 12.8. The van der Waals surface area contributed by atoms with Gasteiger partial charge in [0.25, 0.3) is 11.6 Å². The third-order valence-electron chi connectivity index (χ3n) is 4.65. The van der Waals surface area contributed by atoms with Gasteiger partial charge in [-0.05, 0) is 70.9 Å². The zero-order chi connectivity index (χ0) is 27.2. The number of hydrazone groups is 1. The van der Waals surface area contributed by atoms with Crippen molar-refractivity contribution >= 4 is 59.8 Å². The zero-order valence-electron chi connectivity index (χ0n) is 19.3. The SMILES string of the molecule is CCOc1cc(/C=N\NC(=O)c2cc(Br)ccc2OC)cc(Br)c1OS(=O)(=O)c1ccc([N+](=O)[O-])cc1. The van der Waals surface area contributed by atoms with Gasteiger partial charge in [-0.25, -0.2) is 5.43 Å². The van der Waals surface area contributed by atoms with Crippen LogP contribution in [0, 0.1) is 10.1 Å². The molecule has 0 heterocycles. The molecule has 11 nitrogen and oxygen atoms in total. The molecule has 3 aromatic rings. The van der Waals surface area contributed by atoms with Gasteiger partial charge in [-0.2, -0.15) is 13.5 Å². The average Bonchev–Trinajstić information content (AvgIpc) is 2.86. The number of carbonyl (C=O) groups is 1. The number of halogens is 2. The van der Waals surface area contributed by atoms with Crippen molar-refractivity contribution in [1.29, 1.82) is 0 Å². The Morgan fingerprint density at radius 3 is 2.43 bits per heavy atom. The Morgan fingerprint density at radius 1 is 1.11 bits per heavy atom. The Kier molecular flexibility index (Phi) is 9.23. The highest BCUT2D eigenvalue weighted by molar-refractivity contribution is 9.10. The second kappa shape index (κ2) is 12.2. The van der Waals surface area contributed by atoms with Crippen molar-refractivity contribution in [1.82, 2.24) is 5.43 Å². The summed E-state index contributed by atoms with van der Waals surface area (Å²) in [4.78, 5) is 22.4. The minimum Gasteiger partial charge on any atom is -0.496 e. The number of nitrogens with one attached hydrogen (secondary N) is 1. The number of hydrogen-bond acceptors (Lipinski definition) is 9. The summed E-state index contributed by atoms with van der Waals surface area (Å²) in [5.41, 5.74) is 2.87. The lowest BCUT2D eigenvalue weighted by Crippen LogP contribution is -2.18. The molecule has 0 atom stereocenters. The van der Waals surface area contributed by atoms with Crippen molar-refractivity contribution in [2.45, 2.75) is 11.8 Å². The number of methoxy groups -OCH3 is 1. The van der Waals surface area contributed by atoms with Gasteiger partial charge in [0.2, 0.25) is 0 Å². The van der Waals surface area contributed by atoms with Gasteiger partial charge < -0.3 is 13.7 Å². The lowest BCUT2D eigenvalue weighted by atomic mass is 10.2. The van der Waals surface area contributed by atoms with Crippen LogP contribution >= 0.6 is 31.9 Å². The normalized spacial score (nSPS) is 11.2. The molecule has 3 rings (SSSR count). The second-order valence-electron chi connectivity index (χ2n) is 7.10. The smallest absolute Gasteiger partial charge is 0.339 e. The molecule has 0 aliphatic heterocycles. The van der Waals surface area contributed by atoms with Crippen LogP contribution in [0.4, 0.5) is 5.69 Å². The van der Waals surface area contributed by atoms with Crippen molar-refractivity contribution in [3.05, 3.63) is 84.8 Å². The molecule has 194 valence electrons. The summed E-state index contributed by atoms with van der Waals surface area (Å²) in [6, 6.07) is 12.2. The summed E-state index contributed by atoms with van der Waals surface area (Å²) in [6.07, 6.45) is 1.34. The summed E-state index contributed by atoms with van der Waals surface area (Å²) >= 11 is 6.58. The fourth-order valence-electron chi connectivity index (χ4n) is 2.98. The third kappa shape index (κ3) is 7.05. The summed E-state index contributed by atoms with van der Waals surface area (Å²) in [5, 5.41) is 14.8. The van der Waals surface area contributed by atoms with E-state index in [9.17, 15) is 23.3 Å². The van der Waals surface area contributed by atoms with Crippen LogP contribution in [0.1, 0.15) is 22.8 Å². The molecule has 0 spiro atoms. The van der Waals surface area contributed by atoms with Gasteiger partial charge in [-0.3, -0.25) is 14.9 Å². The van der Waals surface area contributed by atoms with Crippen LogP contribution in [-0.4, -0.2) is 39.2 Å². The molecule has 0 saturated carbocycles. The second-order valence-corrected chi connectivity index (χ2v) is 10.4. The highest BCUT2D eigenvalue weighted by Crippen LogP contribution is 2.38. The lowest BCUT2D eigenvalue weighted by Gasteiger charge is -2.14. The van der Waals surface area contributed by atoms with Crippen LogP contribution in [0.5, 0.6) is 17.2 Å². The molecule has 0 bridgehead atoms. The fraction of sp³-hybridized carbons (Fsp3) is 0.130. The first-order chi connectivity index (χ1) is 17.6. The highest BCUT2D eigenvalue weighted by Gasteiger charge is 2.23. The number of amides is 1. The fourth-order valence-corrected chi connectivity index (χ4v) is 4.95. The molecule has 1 amide bonds. The zero-order valence-corrected chi connectivity index (χ0v) is 23.3. The molecule has 0 aromatic heterocycles. The maximum Gasteiger partial charge on any atom is 0.339 e. The number of nitrogens with zero attached hydrogens (tertiary/aromatic N) is 2. The minimum absolute atomic E-state index is 0.0868. The standard InChI is InChI=1S/C23H19Br2N3O8S/c1-3-35-21-11-14(13-26-27-23(29)18-12-15(24)4-9-20(18)34-2)10-19(25)22(21)36-37(32,33)17-7-5-16(6-8-17)28(30)31/h4-13H,3H2,1-2H3,(H,27,29)/b26-13-. The third-order valence-corrected chi connectivity index (χ3v) is 6.96. The molecule has 0 unspecified atom stereocenters. The van der Waals surface area contributed by atoms with E-state index in [1.807, 2.05) is 0 Å². The van der Waals surface area contributed by atoms with Crippen molar-refractivity contribution in [3.8, 4) is 17.2 Å². The molecule has 37 heavy (non-hydrogen) atoms. The Bertz CT molecular complexity index is 1460. The number of carbonyl (C=O) groups excluding carboxylic acids is 1. The van der Waals surface area contributed by atoms with Crippen LogP contribution in [-0.2, 0) is 10.1 Å². The Balaban J connectivity index is 1.83. The van der Waals surface area contributed by atoms with Gasteiger partial charge in [-0.1, -0.05) is 15.9 Å². The van der Waals surface area contributed by atoms with Crippen molar-refractivity contribution < 1.29 is 31.8 Å². The largest absolute Gasteiger partial charge is 0.496 e. The number of non-ortho nitro benzene ring substituents is 1. The lowest BCUT2D eigenvalue weighted by molar-refractivity contribution is -0.384. The predicted octanol–water partition coefficient (Wildman–Crippen LogP) is 5.06. The molecule has 0 aliphatic carbocycles. The summed E-state index contributed by atoms with van der Waals surface area (Å²) < 4.78 is 42.5. The molecule has 0 radical (unpaired) electrons. The van der Waals surface area contributed by atoms with Crippen LogP contribution in [0.25, 0.3) is 0 Å². The highest BCUT2D eigenvalue weighted by atomic mass is 79.9. The van der Waals surface area contributed by atoms with Crippen LogP contribution in [0.15, 0.2) is 73.5 Å². The van der Waals surface area contributed by atoms with E-state index >= 15 is 0 Å². The molecule has 0 fully saturated rings. The maximum atomic E-state index is 12.8. The Hall–Kier alpha value is -3.49. The first kappa shape index (κ1) is 28.1. The van der Waals surface area contributed by atoms with Gasteiger partial charge in [0, 0.05) is 16.6 Å². The first-order valence-electron chi connectivity index (χ1n) is 10.4. The van der Waals surface area contributed by atoms with E-state index in [0.29, 0.717) is 15.8 Å². The molecule has 0 aliphatic rings. The topological polar surface area (TPSA) is 146 Å². The number of benzene rings is 3. The molecule has 3 aromatic carbocycles. The first-order valence-corrected chi connectivity index (χ1v) is 13.4. The number of nitro groups is 1. The van der Waals surface area contributed by atoms with Crippen molar-refractivity contribution in [3.63, 3.8) is 0 Å². The van der Waals surface area contributed by atoms with E-state index in [2.05, 4.69) is 42.4 Å². The predicted molar refractivity (Wildman–Crippen MR) is 142 cm³/mol. The van der Waals surface area contributed by atoms with E-state index in [4.69, 9.17) is 13.7 Å². The van der Waals surface area contributed by atoms with Gasteiger partial charge in [0.1, 0.15) is 10.6 Å². The number of ether oxygens (including phenoxy) is 2. The molecular weight excluding hydrogens is 638 g/mol. The summed E-state index contributed by atoms with van der Waals surface area (Å²) in [5.74, 6) is -0.176. The van der Waals surface area contributed by atoms with Gasteiger partial charge in [-0.15, -0.1) is 0 Å². The van der Waals surface area contributed by atoms with E-state index in [1.165, 1.54) is 25.5 Å². The van der Waals surface area contributed by atoms with Crippen LogP contribution < -0.4 is 19.1 Å². The van der Waals surface area contributed by atoms with Crippen molar-refractivity contribution in [2.24, 2.45) is 5.10 Å². The van der Waals surface area contributed by atoms with Gasteiger partial charge in [0.05, 0.1) is 34.9 Å². The Labute approximate surface area is 229 Å². The van der Waals surface area contributed by atoms with E-state index < -0.39 is 20.9 Å². The van der Waals surface area contributed by atoms with E-state index in [1.54, 1.807) is 25.1 Å². The van der Waals surface area contributed by atoms with Crippen LogP contribution in [0.3, 0.4) is 0 Å². The van der Waals surface area contributed by atoms with E-state index in [0.717, 1.165) is 24.3 Å². The number of nitro benzene ring substituents is 1. The summed E-state index contributed by atoms with van der Waals surface area (Å²) in [7, 11) is -2.89. The van der Waals surface area contributed by atoms with Gasteiger partial charge >= 0.3 is 10.1 Å². The molecule has 1 N–H and O–H groups in total. The van der Waals surface area contributed by atoms with Crippen LogP contribution in [0.2, 0.25) is 0 Å². The van der Waals surface area contributed by atoms with E-state index in [-0.39, 0.29) is 38.7 Å². The average molecular weight is 657 g/mol. The monoisotopic (exact) mass is 655 g/mol.